The highest BCUT2D eigenvalue weighted by Gasteiger charge is 2.28. The second-order valence-electron chi connectivity index (χ2n) is 6.59. The van der Waals surface area contributed by atoms with Crippen molar-refractivity contribution in [2.45, 2.75) is 13.5 Å². The Hall–Kier alpha value is -2.73. The van der Waals surface area contributed by atoms with E-state index in [1.165, 1.54) is 24.3 Å². The Balaban J connectivity index is 1.56. The molecule has 0 saturated carbocycles. The van der Waals surface area contributed by atoms with Crippen LogP contribution in [0, 0.1) is 17.7 Å². The number of anilines is 1. The van der Waals surface area contributed by atoms with E-state index in [0.29, 0.717) is 23.7 Å². The molecule has 1 unspecified atom stereocenters. The van der Waals surface area contributed by atoms with Crippen LogP contribution in [0.4, 0.5) is 10.1 Å². The van der Waals surface area contributed by atoms with Gasteiger partial charge >= 0.3 is 0 Å². The van der Waals surface area contributed by atoms with Crippen molar-refractivity contribution in [2.75, 3.05) is 18.4 Å². The molecule has 5 nitrogen and oxygen atoms in total. The molecule has 136 valence electrons. The molecule has 2 amide bonds. The molecular formula is C20H22FN3O2. The van der Waals surface area contributed by atoms with Crippen molar-refractivity contribution < 1.29 is 14.0 Å². The maximum absolute atomic E-state index is 12.9. The van der Waals surface area contributed by atoms with Gasteiger partial charge in [-0.15, -0.1) is 0 Å². The van der Waals surface area contributed by atoms with E-state index < -0.39 is 0 Å². The average molecular weight is 355 g/mol. The lowest BCUT2D eigenvalue weighted by atomic mass is 9.88. The lowest BCUT2D eigenvalue weighted by molar-refractivity contribution is -0.126. The Bertz CT molecular complexity index is 788. The van der Waals surface area contributed by atoms with Gasteiger partial charge in [-0.3, -0.25) is 9.59 Å². The van der Waals surface area contributed by atoms with Crippen molar-refractivity contribution >= 4 is 17.5 Å². The number of hydrogen-bond acceptors (Lipinski definition) is 3. The molecule has 1 heterocycles. The number of amides is 2. The summed E-state index contributed by atoms with van der Waals surface area (Å²) < 4.78 is 12.9. The molecule has 2 aromatic carbocycles. The number of carbonyl (C=O) groups is 2. The van der Waals surface area contributed by atoms with E-state index in [-0.39, 0.29) is 23.5 Å². The first-order chi connectivity index (χ1) is 12.5. The normalized spacial score (nSPS) is 15.0. The van der Waals surface area contributed by atoms with E-state index >= 15 is 0 Å². The summed E-state index contributed by atoms with van der Waals surface area (Å²) >= 11 is 0. The predicted molar refractivity (Wildman–Crippen MR) is 98.2 cm³/mol. The fourth-order valence-electron chi connectivity index (χ4n) is 2.79. The maximum atomic E-state index is 12.9. The van der Waals surface area contributed by atoms with Crippen LogP contribution in [0.15, 0.2) is 48.5 Å². The van der Waals surface area contributed by atoms with Crippen molar-refractivity contribution in [1.29, 1.82) is 0 Å². The van der Waals surface area contributed by atoms with Gasteiger partial charge in [0, 0.05) is 23.7 Å². The fraction of sp³-hybridized carbons (Fsp3) is 0.300. The highest BCUT2D eigenvalue weighted by Crippen LogP contribution is 2.17. The topological polar surface area (TPSA) is 70.2 Å². The zero-order chi connectivity index (χ0) is 18.5. The summed E-state index contributed by atoms with van der Waals surface area (Å²) in [6, 6.07) is 12.7. The Morgan fingerprint density at radius 2 is 1.92 bits per heavy atom. The zero-order valence-electron chi connectivity index (χ0n) is 14.6. The van der Waals surface area contributed by atoms with Crippen LogP contribution in [-0.4, -0.2) is 24.9 Å². The largest absolute Gasteiger partial charge is 0.352 e. The SMILES string of the molecule is CC(C(=O)NCc1cccc(NC(=O)c2ccc(F)cc2)c1)C1CNC1. The highest BCUT2D eigenvalue weighted by atomic mass is 19.1. The van der Waals surface area contributed by atoms with Crippen LogP contribution in [-0.2, 0) is 11.3 Å². The number of nitrogens with one attached hydrogen (secondary N) is 3. The van der Waals surface area contributed by atoms with Crippen molar-refractivity contribution in [2.24, 2.45) is 11.8 Å². The molecule has 2 aromatic rings. The number of halogens is 1. The van der Waals surface area contributed by atoms with Gasteiger partial charge in [-0.05, 0) is 61.0 Å². The molecule has 0 aromatic heterocycles. The highest BCUT2D eigenvalue weighted by molar-refractivity contribution is 6.04. The molecule has 6 heteroatoms. The van der Waals surface area contributed by atoms with Crippen LogP contribution in [0.1, 0.15) is 22.8 Å². The van der Waals surface area contributed by atoms with Crippen LogP contribution < -0.4 is 16.0 Å². The molecule has 1 atom stereocenters. The first-order valence-electron chi connectivity index (χ1n) is 8.67. The van der Waals surface area contributed by atoms with Gasteiger partial charge in [0.1, 0.15) is 5.82 Å². The molecule has 0 bridgehead atoms. The van der Waals surface area contributed by atoms with Crippen LogP contribution in [0.3, 0.4) is 0 Å². The first kappa shape index (κ1) is 18.1. The summed E-state index contributed by atoms with van der Waals surface area (Å²) in [6.45, 7) is 4.13. The molecule has 1 aliphatic rings. The van der Waals surface area contributed by atoms with Crippen molar-refractivity contribution in [3.8, 4) is 0 Å². The van der Waals surface area contributed by atoms with Crippen LogP contribution in [0.25, 0.3) is 0 Å². The summed E-state index contributed by atoms with van der Waals surface area (Å²) in [4.78, 5) is 24.4. The van der Waals surface area contributed by atoms with Gasteiger partial charge in [0.05, 0.1) is 0 Å². The molecule has 1 aliphatic heterocycles. The molecule has 1 saturated heterocycles. The third-order valence-corrected chi connectivity index (χ3v) is 4.69. The monoisotopic (exact) mass is 355 g/mol. The molecule has 3 N–H and O–H groups in total. The molecule has 0 aliphatic carbocycles. The smallest absolute Gasteiger partial charge is 0.255 e. The average Bonchev–Trinajstić information content (AvgIpc) is 2.59. The second kappa shape index (κ2) is 8.10. The Labute approximate surface area is 152 Å². The molecule has 0 spiro atoms. The van der Waals surface area contributed by atoms with E-state index in [1.807, 2.05) is 25.1 Å². The quantitative estimate of drug-likeness (QED) is 0.746. The number of benzene rings is 2. The third kappa shape index (κ3) is 4.46. The van der Waals surface area contributed by atoms with E-state index in [0.717, 1.165) is 18.7 Å². The van der Waals surface area contributed by atoms with Crippen molar-refractivity contribution in [3.63, 3.8) is 0 Å². The van der Waals surface area contributed by atoms with Crippen molar-refractivity contribution in [1.82, 2.24) is 10.6 Å². The Kier molecular flexibility index (Phi) is 5.63. The second-order valence-corrected chi connectivity index (χ2v) is 6.59. The molecule has 3 rings (SSSR count). The van der Waals surface area contributed by atoms with Crippen LogP contribution in [0.2, 0.25) is 0 Å². The minimum absolute atomic E-state index is 0.0161. The number of rotatable bonds is 6. The van der Waals surface area contributed by atoms with E-state index in [2.05, 4.69) is 16.0 Å². The standard InChI is InChI=1S/C20H22FN3O2/c1-13(16-11-22-12-16)19(25)23-10-14-3-2-4-18(9-14)24-20(26)15-5-7-17(21)8-6-15/h2-9,13,16,22H,10-12H2,1H3,(H,23,25)(H,24,26). The van der Waals surface area contributed by atoms with Crippen molar-refractivity contribution in [3.05, 3.63) is 65.5 Å². The van der Waals surface area contributed by atoms with Gasteiger partial charge in [-0.25, -0.2) is 4.39 Å². The van der Waals surface area contributed by atoms with Gasteiger partial charge in [-0.2, -0.15) is 0 Å². The molecular weight excluding hydrogens is 333 g/mol. The lowest BCUT2D eigenvalue weighted by Crippen LogP contribution is -2.49. The first-order valence-corrected chi connectivity index (χ1v) is 8.67. The molecule has 1 fully saturated rings. The third-order valence-electron chi connectivity index (χ3n) is 4.69. The van der Waals surface area contributed by atoms with E-state index in [1.54, 1.807) is 6.07 Å². The Morgan fingerprint density at radius 3 is 2.58 bits per heavy atom. The summed E-state index contributed by atoms with van der Waals surface area (Å²) in [7, 11) is 0. The van der Waals surface area contributed by atoms with Crippen LogP contribution >= 0.6 is 0 Å². The zero-order valence-corrected chi connectivity index (χ0v) is 14.6. The Morgan fingerprint density at radius 1 is 1.19 bits per heavy atom. The van der Waals surface area contributed by atoms with Gasteiger partial charge in [0.2, 0.25) is 5.91 Å². The van der Waals surface area contributed by atoms with Gasteiger partial charge < -0.3 is 16.0 Å². The van der Waals surface area contributed by atoms with Gasteiger partial charge in [0.15, 0.2) is 0 Å². The minimum atomic E-state index is -0.383. The lowest BCUT2D eigenvalue weighted by Gasteiger charge is -2.31. The van der Waals surface area contributed by atoms with E-state index in [9.17, 15) is 14.0 Å². The number of carbonyl (C=O) groups excluding carboxylic acids is 2. The van der Waals surface area contributed by atoms with Gasteiger partial charge in [-0.1, -0.05) is 19.1 Å². The summed E-state index contributed by atoms with van der Waals surface area (Å²) in [5.74, 6) is -0.269. The van der Waals surface area contributed by atoms with Gasteiger partial charge in [0.25, 0.3) is 5.91 Å². The summed E-state index contributed by atoms with van der Waals surface area (Å²) in [5.41, 5.74) is 1.91. The number of hydrogen-bond donors (Lipinski definition) is 3. The summed E-state index contributed by atoms with van der Waals surface area (Å²) in [5, 5.41) is 8.90. The predicted octanol–water partition coefficient (Wildman–Crippen LogP) is 2.55. The maximum Gasteiger partial charge on any atom is 0.255 e. The van der Waals surface area contributed by atoms with E-state index in [4.69, 9.17) is 0 Å². The fourth-order valence-corrected chi connectivity index (χ4v) is 2.79. The van der Waals surface area contributed by atoms with Crippen LogP contribution in [0.5, 0.6) is 0 Å². The minimum Gasteiger partial charge on any atom is -0.352 e. The molecule has 26 heavy (non-hydrogen) atoms. The summed E-state index contributed by atoms with van der Waals surface area (Å²) in [6.07, 6.45) is 0. The molecule has 0 radical (unpaired) electrons.